The van der Waals surface area contributed by atoms with Crippen molar-refractivity contribution in [2.45, 2.75) is 59.0 Å². The van der Waals surface area contributed by atoms with Gasteiger partial charge in [0.15, 0.2) is 0 Å². The number of aromatic nitrogens is 1. The Balaban J connectivity index is 1.90. The van der Waals surface area contributed by atoms with Gasteiger partial charge in [0.1, 0.15) is 6.26 Å². The number of anilines is 1. The van der Waals surface area contributed by atoms with Crippen molar-refractivity contribution in [1.29, 1.82) is 0 Å². The summed E-state index contributed by atoms with van der Waals surface area (Å²) >= 11 is 0. The zero-order valence-electron chi connectivity index (χ0n) is 12.7. The third-order valence-electron chi connectivity index (χ3n) is 3.70. The molecule has 1 saturated carbocycles. The molecule has 1 N–H and O–H groups in total. The molecule has 2 rings (SSSR count). The summed E-state index contributed by atoms with van der Waals surface area (Å²) in [5.74, 6) is 0.836. The number of oxazole rings is 1. The van der Waals surface area contributed by atoms with Crippen LogP contribution >= 0.6 is 0 Å². The van der Waals surface area contributed by atoms with E-state index in [9.17, 15) is 0 Å². The first kappa shape index (κ1) is 14.4. The fourth-order valence-electron chi connectivity index (χ4n) is 2.21. The molecular weight excluding hydrogens is 238 g/mol. The van der Waals surface area contributed by atoms with Gasteiger partial charge < -0.3 is 14.6 Å². The summed E-state index contributed by atoms with van der Waals surface area (Å²) < 4.78 is 5.63. The minimum atomic E-state index is 0.107. The molecule has 0 aliphatic heterocycles. The fraction of sp³-hybridized carbons (Fsp3) is 0.800. The molecule has 4 nitrogen and oxygen atoms in total. The van der Waals surface area contributed by atoms with Gasteiger partial charge in [0.25, 0.3) is 6.01 Å². The molecule has 0 aromatic carbocycles. The second kappa shape index (κ2) is 5.95. The summed E-state index contributed by atoms with van der Waals surface area (Å²) in [5.41, 5.74) is 1.09. The third-order valence-corrected chi connectivity index (χ3v) is 3.70. The average molecular weight is 265 g/mol. The number of nitrogens with one attached hydrogen (secondary N) is 1. The molecule has 0 radical (unpaired) electrons. The quantitative estimate of drug-likeness (QED) is 0.857. The van der Waals surface area contributed by atoms with Crippen LogP contribution in [0.3, 0.4) is 0 Å². The van der Waals surface area contributed by atoms with E-state index in [0.29, 0.717) is 0 Å². The average Bonchev–Trinajstić information content (AvgIpc) is 2.73. The zero-order chi connectivity index (χ0) is 13.9. The second-order valence-corrected chi connectivity index (χ2v) is 6.56. The van der Waals surface area contributed by atoms with Gasteiger partial charge in [-0.05, 0) is 46.5 Å². The summed E-state index contributed by atoms with van der Waals surface area (Å²) in [6, 6.07) is 0.778. The molecule has 0 spiro atoms. The molecule has 0 atom stereocenters. The largest absolute Gasteiger partial charge is 0.432 e. The highest BCUT2D eigenvalue weighted by molar-refractivity contribution is 5.27. The van der Waals surface area contributed by atoms with Gasteiger partial charge in [-0.2, -0.15) is 4.98 Å². The maximum atomic E-state index is 5.63. The lowest BCUT2D eigenvalue weighted by Gasteiger charge is -2.30. The number of hydrogen-bond donors (Lipinski definition) is 1. The predicted octanol–water partition coefficient (Wildman–Crippen LogP) is 3.19. The normalized spacial score (nSPS) is 16.4. The first-order valence-electron chi connectivity index (χ1n) is 7.42. The Hall–Kier alpha value is -1.03. The lowest BCUT2D eigenvalue weighted by Crippen LogP contribution is -2.35. The molecule has 1 aliphatic rings. The first-order chi connectivity index (χ1) is 8.98. The van der Waals surface area contributed by atoms with E-state index in [0.717, 1.165) is 37.3 Å². The minimum Gasteiger partial charge on any atom is -0.432 e. The molecule has 0 saturated heterocycles. The van der Waals surface area contributed by atoms with E-state index < -0.39 is 0 Å². The van der Waals surface area contributed by atoms with Crippen LogP contribution in [0, 0.1) is 5.92 Å². The van der Waals surface area contributed by atoms with Gasteiger partial charge in [-0.15, -0.1) is 0 Å². The Kier molecular flexibility index (Phi) is 4.50. The highest BCUT2D eigenvalue weighted by Crippen LogP contribution is 2.28. The zero-order valence-corrected chi connectivity index (χ0v) is 12.7. The van der Waals surface area contributed by atoms with Crippen molar-refractivity contribution in [2.24, 2.45) is 5.92 Å². The third kappa shape index (κ3) is 4.23. The molecule has 108 valence electrons. The molecule has 1 fully saturated rings. The van der Waals surface area contributed by atoms with Crippen molar-refractivity contribution in [2.75, 3.05) is 18.0 Å². The van der Waals surface area contributed by atoms with Crippen LogP contribution in [-0.2, 0) is 6.54 Å². The summed E-state index contributed by atoms with van der Waals surface area (Å²) in [4.78, 5) is 6.85. The maximum absolute atomic E-state index is 5.63. The predicted molar refractivity (Wildman–Crippen MR) is 78.3 cm³/mol. The number of rotatable bonds is 6. The molecule has 1 aliphatic carbocycles. The highest BCUT2D eigenvalue weighted by atomic mass is 16.4. The molecule has 1 aromatic rings. The molecule has 1 heterocycles. The van der Waals surface area contributed by atoms with Crippen LogP contribution in [-0.4, -0.2) is 23.6 Å². The lowest BCUT2D eigenvalue weighted by atomic mass is 9.85. The Morgan fingerprint density at radius 1 is 1.42 bits per heavy atom. The van der Waals surface area contributed by atoms with E-state index in [1.807, 2.05) is 0 Å². The van der Waals surface area contributed by atoms with Gasteiger partial charge in [-0.1, -0.05) is 6.42 Å². The van der Waals surface area contributed by atoms with Crippen molar-refractivity contribution in [3.05, 3.63) is 12.0 Å². The topological polar surface area (TPSA) is 41.3 Å². The van der Waals surface area contributed by atoms with Crippen molar-refractivity contribution in [3.8, 4) is 0 Å². The van der Waals surface area contributed by atoms with E-state index >= 15 is 0 Å². The van der Waals surface area contributed by atoms with E-state index in [-0.39, 0.29) is 5.54 Å². The Morgan fingerprint density at radius 2 is 2.16 bits per heavy atom. The smallest absolute Gasteiger partial charge is 0.297 e. The first-order valence-corrected chi connectivity index (χ1v) is 7.42. The summed E-state index contributed by atoms with van der Waals surface area (Å²) in [7, 11) is 0. The van der Waals surface area contributed by atoms with E-state index in [2.05, 4.69) is 42.9 Å². The van der Waals surface area contributed by atoms with Crippen LogP contribution in [0.5, 0.6) is 0 Å². The SMILES string of the molecule is CCN(CC1CCC1)c1nc(CNC(C)(C)C)co1. The van der Waals surface area contributed by atoms with Crippen LogP contribution in [0.15, 0.2) is 10.7 Å². The summed E-state index contributed by atoms with van der Waals surface area (Å²) in [5, 5.41) is 3.43. The molecule has 19 heavy (non-hydrogen) atoms. The van der Waals surface area contributed by atoms with Gasteiger partial charge in [0.05, 0.1) is 5.69 Å². The van der Waals surface area contributed by atoms with Crippen molar-refractivity contribution in [3.63, 3.8) is 0 Å². The molecule has 0 amide bonds. The van der Waals surface area contributed by atoms with E-state index in [4.69, 9.17) is 4.42 Å². The maximum Gasteiger partial charge on any atom is 0.297 e. The Bertz CT molecular complexity index is 390. The van der Waals surface area contributed by atoms with E-state index in [1.54, 1.807) is 6.26 Å². The molecular formula is C15H27N3O. The van der Waals surface area contributed by atoms with Crippen LogP contribution in [0.4, 0.5) is 6.01 Å². The van der Waals surface area contributed by atoms with Crippen molar-refractivity contribution in [1.82, 2.24) is 10.3 Å². The molecule has 0 unspecified atom stereocenters. The van der Waals surface area contributed by atoms with Gasteiger partial charge in [-0.3, -0.25) is 0 Å². The van der Waals surface area contributed by atoms with Gasteiger partial charge in [0.2, 0.25) is 0 Å². The van der Waals surface area contributed by atoms with Gasteiger partial charge in [-0.25, -0.2) is 0 Å². The molecule has 0 bridgehead atoms. The summed E-state index contributed by atoms with van der Waals surface area (Å²) in [6.45, 7) is 11.4. The molecule has 1 aromatic heterocycles. The number of hydrogen-bond acceptors (Lipinski definition) is 4. The van der Waals surface area contributed by atoms with Crippen molar-refractivity contribution < 1.29 is 4.42 Å². The monoisotopic (exact) mass is 265 g/mol. The van der Waals surface area contributed by atoms with Gasteiger partial charge >= 0.3 is 0 Å². The second-order valence-electron chi connectivity index (χ2n) is 6.56. The number of nitrogens with zero attached hydrogens (tertiary/aromatic N) is 2. The minimum absolute atomic E-state index is 0.107. The van der Waals surface area contributed by atoms with E-state index in [1.165, 1.54) is 19.3 Å². The summed E-state index contributed by atoms with van der Waals surface area (Å²) in [6.07, 6.45) is 5.87. The van der Waals surface area contributed by atoms with Gasteiger partial charge in [0, 0.05) is 25.2 Å². The Labute approximate surface area is 116 Å². The van der Waals surface area contributed by atoms with Crippen LogP contribution in [0.1, 0.15) is 52.7 Å². The Morgan fingerprint density at radius 3 is 2.68 bits per heavy atom. The lowest BCUT2D eigenvalue weighted by molar-refractivity contribution is 0.313. The highest BCUT2D eigenvalue weighted by Gasteiger charge is 2.22. The standard InChI is InChI=1S/C15H27N3O/c1-5-18(10-12-7-6-8-12)14-17-13(11-19-14)9-16-15(2,3)4/h11-12,16H,5-10H2,1-4H3. The van der Waals surface area contributed by atoms with Crippen LogP contribution in [0.2, 0.25) is 0 Å². The molecule has 4 heteroatoms. The van der Waals surface area contributed by atoms with Crippen molar-refractivity contribution >= 4 is 6.01 Å². The fourth-order valence-corrected chi connectivity index (χ4v) is 2.21. The van der Waals surface area contributed by atoms with Crippen LogP contribution < -0.4 is 10.2 Å². The van der Waals surface area contributed by atoms with Crippen LogP contribution in [0.25, 0.3) is 0 Å².